The molecule has 1 aromatic rings. The number of phenols is 1. The summed E-state index contributed by atoms with van der Waals surface area (Å²) in [6.45, 7) is 0. The van der Waals surface area contributed by atoms with Crippen LogP contribution in [0.4, 0.5) is 5.69 Å². The molecule has 1 aromatic carbocycles. The van der Waals surface area contributed by atoms with Crippen molar-refractivity contribution in [1.82, 2.24) is 0 Å². The van der Waals surface area contributed by atoms with Crippen molar-refractivity contribution < 1.29 is 5.11 Å². The lowest BCUT2D eigenvalue weighted by Crippen LogP contribution is -2.12. The number of amidine groups is 1. The van der Waals surface area contributed by atoms with Crippen LogP contribution in [0.3, 0.4) is 0 Å². The molecule has 0 bridgehead atoms. The quantitative estimate of drug-likeness (QED) is 0.501. The number of nitrogens with zero attached hydrogens (tertiary/aromatic N) is 1. The molecule has 0 aliphatic carbocycles. The van der Waals surface area contributed by atoms with Crippen LogP contribution in [0.25, 0.3) is 0 Å². The zero-order valence-electron chi connectivity index (χ0n) is 6.97. The monoisotopic (exact) mass is 296 g/mol. The number of benzene rings is 1. The minimum Gasteiger partial charge on any atom is -0.505 e. The van der Waals surface area contributed by atoms with Crippen LogP contribution < -0.4 is 5.73 Å². The summed E-state index contributed by atoms with van der Waals surface area (Å²) in [7, 11) is 0. The van der Waals surface area contributed by atoms with Crippen molar-refractivity contribution in [2.75, 3.05) is 5.88 Å². The SMILES string of the molecule is NC(CCl)=Nc1cc(Cl)c(O)c(Br)c1. The predicted molar refractivity (Wildman–Crippen MR) is 62.8 cm³/mol. The summed E-state index contributed by atoms with van der Waals surface area (Å²) in [6.07, 6.45) is 0. The molecule has 0 aliphatic heterocycles. The normalized spacial score (nSPS) is 11.8. The highest BCUT2D eigenvalue weighted by atomic mass is 79.9. The number of aromatic hydroxyl groups is 1. The minimum absolute atomic E-state index is 0.0185. The number of aliphatic imine (C=N–C) groups is 1. The standard InChI is InChI=1S/C8H7BrCl2N2O/c9-5-1-4(13-7(12)3-10)2-6(11)8(5)14/h1-2,14H,3H2,(H2,12,13). The number of hydrogen-bond donors (Lipinski definition) is 2. The molecule has 3 nitrogen and oxygen atoms in total. The molecule has 0 aromatic heterocycles. The molecule has 0 saturated heterocycles. The van der Waals surface area contributed by atoms with E-state index in [0.717, 1.165) is 0 Å². The molecular weight excluding hydrogens is 291 g/mol. The fourth-order valence-electron chi connectivity index (χ4n) is 0.812. The third-order valence-electron chi connectivity index (χ3n) is 1.41. The highest BCUT2D eigenvalue weighted by Crippen LogP contribution is 2.35. The Bertz CT molecular complexity index is 359. The summed E-state index contributed by atoms with van der Waals surface area (Å²) in [5.41, 5.74) is 5.98. The summed E-state index contributed by atoms with van der Waals surface area (Å²) in [5.74, 6) is 0.422. The molecule has 1 rings (SSSR count). The Hall–Kier alpha value is -0.450. The first-order valence-electron chi connectivity index (χ1n) is 3.61. The topological polar surface area (TPSA) is 58.6 Å². The van der Waals surface area contributed by atoms with Crippen molar-refractivity contribution in [3.63, 3.8) is 0 Å². The molecule has 3 N–H and O–H groups in total. The summed E-state index contributed by atoms with van der Waals surface area (Å²) >= 11 is 14.3. The maximum absolute atomic E-state index is 9.34. The molecule has 0 aliphatic rings. The molecule has 0 saturated carbocycles. The number of halogens is 3. The lowest BCUT2D eigenvalue weighted by Gasteiger charge is -2.02. The van der Waals surface area contributed by atoms with Crippen molar-refractivity contribution in [1.29, 1.82) is 0 Å². The summed E-state index contributed by atoms with van der Waals surface area (Å²) in [4.78, 5) is 3.98. The number of phenolic OH excluding ortho intramolecular Hbond substituents is 1. The van der Waals surface area contributed by atoms with Gasteiger partial charge < -0.3 is 10.8 Å². The van der Waals surface area contributed by atoms with Crippen molar-refractivity contribution in [2.45, 2.75) is 0 Å². The van der Waals surface area contributed by atoms with Crippen LogP contribution >= 0.6 is 39.1 Å². The lowest BCUT2D eigenvalue weighted by molar-refractivity contribution is 0.472. The highest BCUT2D eigenvalue weighted by Gasteiger charge is 2.05. The van der Waals surface area contributed by atoms with Gasteiger partial charge in [0.2, 0.25) is 0 Å². The second-order valence-corrected chi connectivity index (χ2v) is 4.02. The molecule has 14 heavy (non-hydrogen) atoms. The van der Waals surface area contributed by atoms with Gasteiger partial charge >= 0.3 is 0 Å². The van der Waals surface area contributed by atoms with Crippen LogP contribution in [-0.2, 0) is 0 Å². The van der Waals surface area contributed by atoms with Gasteiger partial charge in [0.15, 0.2) is 0 Å². The first-order valence-corrected chi connectivity index (χ1v) is 5.32. The average Bonchev–Trinajstić information content (AvgIpc) is 2.14. The molecular formula is C8H7BrCl2N2O. The van der Waals surface area contributed by atoms with Crippen LogP contribution in [0.1, 0.15) is 0 Å². The Morgan fingerprint density at radius 1 is 1.57 bits per heavy atom. The van der Waals surface area contributed by atoms with Crippen molar-refractivity contribution in [2.24, 2.45) is 10.7 Å². The molecule has 0 amide bonds. The Balaban J connectivity index is 3.13. The van der Waals surface area contributed by atoms with Crippen LogP contribution in [-0.4, -0.2) is 16.8 Å². The van der Waals surface area contributed by atoms with E-state index in [1.165, 1.54) is 6.07 Å². The van der Waals surface area contributed by atoms with E-state index in [0.29, 0.717) is 16.0 Å². The van der Waals surface area contributed by atoms with Crippen LogP contribution in [0.2, 0.25) is 5.02 Å². The second kappa shape index (κ2) is 4.87. The number of alkyl halides is 1. The molecule has 76 valence electrons. The Morgan fingerprint density at radius 2 is 2.21 bits per heavy atom. The molecule has 0 heterocycles. The molecule has 0 unspecified atom stereocenters. The van der Waals surface area contributed by atoms with Gasteiger partial charge in [-0.1, -0.05) is 11.6 Å². The minimum atomic E-state index is -0.0185. The first-order chi connectivity index (χ1) is 6.54. The Kier molecular flexibility index (Phi) is 4.04. The van der Waals surface area contributed by atoms with Gasteiger partial charge in [-0.2, -0.15) is 0 Å². The zero-order chi connectivity index (χ0) is 10.7. The van der Waals surface area contributed by atoms with E-state index in [1.54, 1.807) is 6.07 Å². The molecule has 0 fully saturated rings. The number of hydrogen-bond acceptors (Lipinski definition) is 2. The molecule has 6 heteroatoms. The van der Waals surface area contributed by atoms with Crippen LogP contribution in [0, 0.1) is 0 Å². The van der Waals surface area contributed by atoms with Gasteiger partial charge in [0, 0.05) is 0 Å². The smallest absolute Gasteiger partial charge is 0.148 e. The fraction of sp³-hybridized carbons (Fsp3) is 0.125. The molecule has 0 atom stereocenters. The largest absolute Gasteiger partial charge is 0.505 e. The Morgan fingerprint density at radius 3 is 2.71 bits per heavy atom. The van der Waals surface area contributed by atoms with Gasteiger partial charge in [-0.15, -0.1) is 11.6 Å². The van der Waals surface area contributed by atoms with Crippen molar-refractivity contribution in [3.05, 3.63) is 21.6 Å². The third-order valence-corrected chi connectivity index (χ3v) is 2.58. The van der Waals surface area contributed by atoms with Gasteiger partial charge in [0.05, 0.1) is 21.1 Å². The maximum atomic E-state index is 9.34. The second-order valence-electron chi connectivity index (χ2n) is 2.49. The Labute approximate surface area is 99.7 Å². The van der Waals surface area contributed by atoms with Crippen molar-refractivity contribution >= 4 is 50.7 Å². The summed E-state index contributed by atoms with van der Waals surface area (Å²) < 4.78 is 0.464. The third kappa shape index (κ3) is 2.77. The van der Waals surface area contributed by atoms with E-state index in [2.05, 4.69) is 20.9 Å². The van der Waals surface area contributed by atoms with E-state index >= 15 is 0 Å². The van der Waals surface area contributed by atoms with Gasteiger partial charge in [-0.25, -0.2) is 4.99 Å². The zero-order valence-corrected chi connectivity index (χ0v) is 10.1. The molecule has 0 spiro atoms. The van der Waals surface area contributed by atoms with Gasteiger partial charge in [0.25, 0.3) is 0 Å². The average molecular weight is 298 g/mol. The van der Waals surface area contributed by atoms with Gasteiger partial charge in [-0.05, 0) is 28.1 Å². The maximum Gasteiger partial charge on any atom is 0.148 e. The summed E-state index contributed by atoms with van der Waals surface area (Å²) in [6, 6.07) is 3.10. The van der Waals surface area contributed by atoms with E-state index in [-0.39, 0.29) is 16.7 Å². The van der Waals surface area contributed by atoms with E-state index in [1.807, 2.05) is 0 Å². The van der Waals surface area contributed by atoms with E-state index in [4.69, 9.17) is 28.9 Å². The van der Waals surface area contributed by atoms with Crippen LogP contribution in [0.5, 0.6) is 5.75 Å². The number of nitrogens with two attached hydrogens (primary N) is 1. The molecule has 0 radical (unpaired) electrons. The highest BCUT2D eigenvalue weighted by molar-refractivity contribution is 9.10. The van der Waals surface area contributed by atoms with E-state index in [9.17, 15) is 5.11 Å². The van der Waals surface area contributed by atoms with Crippen LogP contribution in [0.15, 0.2) is 21.6 Å². The lowest BCUT2D eigenvalue weighted by atomic mass is 10.3. The van der Waals surface area contributed by atoms with Crippen molar-refractivity contribution in [3.8, 4) is 5.75 Å². The number of rotatable bonds is 2. The van der Waals surface area contributed by atoms with Gasteiger partial charge in [0.1, 0.15) is 11.6 Å². The summed E-state index contributed by atoms with van der Waals surface area (Å²) in [5, 5.41) is 9.55. The van der Waals surface area contributed by atoms with E-state index < -0.39 is 0 Å². The predicted octanol–water partition coefficient (Wildman–Crippen LogP) is 3.04. The van der Waals surface area contributed by atoms with Gasteiger partial charge in [-0.3, -0.25) is 0 Å². The first kappa shape index (κ1) is 11.6. The fourth-order valence-corrected chi connectivity index (χ4v) is 1.65.